The second-order valence-corrected chi connectivity index (χ2v) is 4.99. The summed E-state index contributed by atoms with van der Waals surface area (Å²) in [7, 11) is 0. The number of carbonyl (C=O) groups is 4. The first-order valence-corrected chi connectivity index (χ1v) is 6.30. The van der Waals surface area contributed by atoms with E-state index in [1.807, 2.05) is 0 Å². The van der Waals surface area contributed by atoms with Gasteiger partial charge in [0, 0.05) is 0 Å². The molecule has 0 amide bonds. The van der Waals surface area contributed by atoms with E-state index in [0.717, 1.165) is 0 Å². The third-order valence-electron chi connectivity index (χ3n) is 3.67. The Kier molecular flexibility index (Phi) is 5.45. The Hall–Kier alpha value is -2.38. The van der Waals surface area contributed by atoms with Gasteiger partial charge < -0.3 is 20.4 Å². The van der Waals surface area contributed by atoms with E-state index in [9.17, 15) is 19.2 Å². The standard InChI is InChI=1S/C13H16O8/c14-10(15)4-8(12(18)19)6-2-1-3-7(6)9(13(20)21)5-11(16)17/h1-2,6-9H,3-5H2,(H,14,15)(H,16,17)(H,18,19)(H,20,21). The Morgan fingerprint density at radius 2 is 1.38 bits per heavy atom. The summed E-state index contributed by atoms with van der Waals surface area (Å²) in [5.74, 6) is -9.32. The van der Waals surface area contributed by atoms with E-state index in [0.29, 0.717) is 0 Å². The van der Waals surface area contributed by atoms with Crippen molar-refractivity contribution in [2.45, 2.75) is 19.3 Å². The first kappa shape index (κ1) is 16.7. The van der Waals surface area contributed by atoms with Crippen LogP contribution in [0.15, 0.2) is 12.2 Å². The van der Waals surface area contributed by atoms with Crippen molar-refractivity contribution in [3.05, 3.63) is 12.2 Å². The molecule has 0 saturated carbocycles. The second kappa shape index (κ2) is 6.87. The van der Waals surface area contributed by atoms with Crippen LogP contribution in [0.4, 0.5) is 0 Å². The third-order valence-corrected chi connectivity index (χ3v) is 3.67. The largest absolute Gasteiger partial charge is 0.481 e. The van der Waals surface area contributed by atoms with Crippen molar-refractivity contribution in [3.8, 4) is 0 Å². The lowest BCUT2D eigenvalue weighted by Crippen LogP contribution is -2.35. The van der Waals surface area contributed by atoms with E-state index in [4.69, 9.17) is 20.4 Å². The number of hydrogen-bond acceptors (Lipinski definition) is 4. The van der Waals surface area contributed by atoms with Gasteiger partial charge in [-0.3, -0.25) is 19.2 Å². The molecular weight excluding hydrogens is 284 g/mol. The second-order valence-electron chi connectivity index (χ2n) is 4.99. The first-order chi connectivity index (χ1) is 9.73. The molecule has 0 fully saturated rings. The SMILES string of the molecule is O=C(O)CC(C(=O)O)C1C=CCC1C(CC(=O)O)C(=O)O. The van der Waals surface area contributed by atoms with Crippen LogP contribution in [0.1, 0.15) is 19.3 Å². The molecule has 0 aromatic heterocycles. The van der Waals surface area contributed by atoms with Crippen molar-refractivity contribution < 1.29 is 39.6 Å². The van der Waals surface area contributed by atoms with Gasteiger partial charge in [-0.25, -0.2) is 0 Å². The Labute approximate surface area is 119 Å². The molecular formula is C13H16O8. The highest BCUT2D eigenvalue weighted by Gasteiger charge is 2.42. The normalized spacial score (nSPS) is 23.4. The van der Waals surface area contributed by atoms with E-state index in [1.54, 1.807) is 6.08 Å². The van der Waals surface area contributed by atoms with Crippen LogP contribution >= 0.6 is 0 Å². The lowest BCUT2D eigenvalue weighted by Gasteiger charge is -2.28. The quantitative estimate of drug-likeness (QED) is 0.474. The molecule has 0 bridgehead atoms. The molecule has 1 rings (SSSR count). The fourth-order valence-electron chi connectivity index (χ4n) is 2.74. The molecule has 1 aliphatic rings. The molecule has 1 aliphatic carbocycles. The van der Waals surface area contributed by atoms with Crippen molar-refractivity contribution in [1.82, 2.24) is 0 Å². The van der Waals surface area contributed by atoms with Gasteiger partial charge in [0.1, 0.15) is 0 Å². The molecule has 8 nitrogen and oxygen atoms in total. The van der Waals surface area contributed by atoms with Gasteiger partial charge in [-0.1, -0.05) is 12.2 Å². The predicted molar refractivity (Wildman–Crippen MR) is 67.5 cm³/mol. The van der Waals surface area contributed by atoms with E-state index >= 15 is 0 Å². The minimum Gasteiger partial charge on any atom is -0.481 e. The maximum Gasteiger partial charge on any atom is 0.307 e. The number of hydrogen-bond donors (Lipinski definition) is 4. The minimum absolute atomic E-state index is 0.221. The summed E-state index contributed by atoms with van der Waals surface area (Å²) in [6, 6.07) is 0. The lowest BCUT2D eigenvalue weighted by molar-refractivity contribution is -0.154. The van der Waals surface area contributed by atoms with Gasteiger partial charge in [-0.2, -0.15) is 0 Å². The van der Waals surface area contributed by atoms with Gasteiger partial charge in [0.25, 0.3) is 0 Å². The van der Waals surface area contributed by atoms with Crippen molar-refractivity contribution >= 4 is 23.9 Å². The van der Waals surface area contributed by atoms with E-state index in [1.165, 1.54) is 6.08 Å². The first-order valence-electron chi connectivity index (χ1n) is 6.30. The van der Waals surface area contributed by atoms with Crippen molar-refractivity contribution in [2.24, 2.45) is 23.7 Å². The Morgan fingerprint density at radius 1 is 0.905 bits per heavy atom. The topological polar surface area (TPSA) is 149 Å². The Bertz CT molecular complexity index is 481. The van der Waals surface area contributed by atoms with Gasteiger partial charge >= 0.3 is 23.9 Å². The zero-order chi connectivity index (χ0) is 16.2. The average Bonchev–Trinajstić information content (AvgIpc) is 2.80. The van der Waals surface area contributed by atoms with Gasteiger partial charge in [-0.05, 0) is 18.3 Å². The third kappa shape index (κ3) is 4.30. The number of rotatable bonds is 8. The summed E-state index contributed by atoms with van der Waals surface area (Å²) in [5.41, 5.74) is 0. The van der Waals surface area contributed by atoms with Crippen LogP contribution in [-0.2, 0) is 19.2 Å². The molecule has 21 heavy (non-hydrogen) atoms. The van der Waals surface area contributed by atoms with Crippen molar-refractivity contribution in [1.29, 1.82) is 0 Å². The number of allylic oxidation sites excluding steroid dienone is 2. The minimum atomic E-state index is -1.33. The molecule has 116 valence electrons. The summed E-state index contributed by atoms with van der Waals surface area (Å²) in [6.45, 7) is 0. The summed E-state index contributed by atoms with van der Waals surface area (Å²) in [5, 5.41) is 35.8. The Morgan fingerprint density at radius 3 is 1.81 bits per heavy atom. The van der Waals surface area contributed by atoms with Crippen LogP contribution in [0, 0.1) is 23.7 Å². The van der Waals surface area contributed by atoms with Crippen molar-refractivity contribution in [2.75, 3.05) is 0 Å². The van der Waals surface area contributed by atoms with Gasteiger partial charge in [0.2, 0.25) is 0 Å². The monoisotopic (exact) mass is 300 g/mol. The number of carboxylic acids is 4. The van der Waals surface area contributed by atoms with E-state index in [-0.39, 0.29) is 6.42 Å². The fourth-order valence-corrected chi connectivity index (χ4v) is 2.74. The highest BCUT2D eigenvalue weighted by atomic mass is 16.4. The summed E-state index contributed by atoms with van der Waals surface area (Å²) < 4.78 is 0. The summed E-state index contributed by atoms with van der Waals surface area (Å²) in [4.78, 5) is 44.0. The maximum absolute atomic E-state index is 11.2. The molecule has 0 aromatic carbocycles. The maximum atomic E-state index is 11.2. The summed E-state index contributed by atoms with van der Waals surface area (Å²) in [6.07, 6.45) is 2.01. The van der Waals surface area contributed by atoms with Crippen LogP contribution in [0.2, 0.25) is 0 Å². The van der Waals surface area contributed by atoms with E-state index < -0.39 is 60.4 Å². The highest BCUT2D eigenvalue weighted by Crippen LogP contribution is 2.39. The summed E-state index contributed by atoms with van der Waals surface area (Å²) >= 11 is 0. The molecule has 4 N–H and O–H groups in total. The molecule has 8 heteroatoms. The van der Waals surface area contributed by atoms with Gasteiger partial charge in [0.05, 0.1) is 24.7 Å². The van der Waals surface area contributed by atoms with Crippen LogP contribution in [0.5, 0.6) is 0 Å². The average molecular weight is 300 g/mol. The van der Waals surface area contributed by atoms with Crippen LogP contribution in [0.25, 0.3) is 0 Å². The smallest absolute Gasteiger partial charge is 0.307 e. The number of aliphatic carboxylic acids is 4. The highest BCUT2D eigenvalue weighted by molar-refractivity contribution is 5.80. The van der Waals surface area contributed by atoms with E-state index in [2.05, 4.69) is 0 Å². The molecule has 4 atom stereocenters. The Balaban J connectivity index is 3.00. The lowest BCUT2D eigenvalue weighted by atomic mass is 9.74. The zero-order valence-corrected chi connectivity index (χ0v) is 11.0. The predicted octanol–water partition coefficient (Wildman–Crippen LogP) is 0.530. The molecule has 0 saturated heterocycles. The van der Waals surface area contributed by atoms with Crippen LogP contribution < -0.4 is 0 Å². The van der Waals surface area contributed by atoms with Crippen molar-refractivity contribution in [3.63, 3.8) is 0 Å². The molecule has 0 radical (unpaired) electrons. The van der Waals surface area contributed by atoms with Crippen LogP contribution in [-0.4, -0.2) is 44.3 Å². The molecule has 0 spiro atoms. The van der Waals surface area contributed by atoms with Gasteiger partial charge in [-0.15, -0.1) is 0 Å². The molecule has 0 heterocycles. The molecule has 0 aromatic rings. The van der Waals surface area contributed by atoms with Crippen LogP contribution in [0.3, 0.4) is 0 Å². The number of carboxylic acid groups (broad SMARTS) is 4. The fraction of sp³-hybridized carbons (Fsp3) is 0.538. The van der Waals surface area contributed by atoms with Gasteiger partial charge in [0.15, 0.2) is 0 Å². The molecule has 0 aliphatic heterocycles. The zero-order valence-electron chi connectivity index (χ0n) is 11.0. The molecule has 4 unspecified atom stereocenters.